The number of nitrogens with zero attached hydrogens (tertiary/aromatic N) is 1. The number of carbonyl (C=O) groups excluding carboxylic acids is 1. The van der Waals surface area contributed by atoms with Crippen molar-refractivity contribution in [1.29, 1.82) is 0 Å². The van der Waals surface area contributed by atoms with Gasteiger partial charge < -0.3 is 15.0 Å². The Morgan fingerprint density at radius 1 is 1.36 bits per heavy atom. The van der Waals surface area contributed by atoms with Crippen molar-refractivity contribution in [3.8, 4) is 0 Å². The summed E-state index contributed by atoms with van der Waals surface area (Å²) < 4.78 is 42.2. The zero-order chi connectivity index (χ0) is 24.0. The molecule has 0 aromatic carbocycles. The third-order valence-electron chi connectivity index (χ3n) is 5.87. The van der Waals surface area contributed by atoms with Crippen LogP contribution in [0.5, 0.6) is 0 Å². The predicted octanol–water partition coefficient (Wildman–Crippen LogP) is 5.79. The second-order valence-electron chi connectivity index (χ2n) is 8.73. The van der Waals surface area contributed by atoms with Crippen molar-refractivity contribution in [1.82, 2.24) is 15.3 Å². The smallest absolute Gasteiger partial charge is 0.364 e. The fourth-order valence-corrected chi connectivity index (χ4v) is 3.73. The van der Waals surface area contributed by atoms with E-state index in [0.717, 1.165) is 23.3 Å². The average Bonchev–Trinajstić information content (AvgIpc) is 3.54. The third kappa shape index (κ3) is 8.03. The molecule has 2 N–H and O–H groups in total. The molecule has 33 heavy (non-hydrogen) atoms. The molecule has 1 amide bonds. The summed E-state index contributed by atoms with van der Waals surface area (Å²) in [6, 6.07) is -0.472. The first-order valence-corrected chi connectivity index (χ1v) is 11.4. The van der Waals surface area contributed by atoms with E-state index in [-0.39, 0.29) is 12.3 Å². The van der Waals surface area contributed by atoms with Gasteiger partial charge in [0.05, 0.1) is 24.0 Å². The highest BCUT2D eigenvalue weighted by Crippen LogP contribution is 2.36. The highest BCUT2D eigenvalue weighted by atomic mass is 19.4. The molecule has 0 saturated heterocycles. The summed E-state index contributed by atoms with van der Waals surface area (Å²) in [4.78, 5) is 20.3. The minimum absolute atomic E-state index is 0.123. The lowest BCUT2D eigenvalue weighted by molar-refractivity contribution is -0.180. The number of nitrogens with one attached hydrogen (secondary N) is 2. The van der Waals surface area contributed by atoms with Crippen molar-refractivity contribution in [3.05, 3.63) is 64.8 Å². The van der Waals surface area contributed by atoms with Gasteiger partial charge >= 0.3 is 6.18 Å². The van der Waals surface area contributed by atoms with E-state index in [1.807, 2.05) is 19.9 Å². The fraction of sp³-hybridized carbons (Fsp3) is 0.520. The molecular weight excluding hydrogens is 431 g/mol. The van der Waals surface area contributed by atoms with Gasteiger partial charge in [-0.3, -0.25) is 4.79 Å². The molecule has 1 saturated carbocycles. The molecule has 0 aliphatic heterocycles. The maximum Gasteiger partial charge on any atom is 0.411 e. The van der Waals surface area contributed by atoms with E-state index in [1.54, 1.807) is 24.4 Å². The van der Waals surface area contributed by atoms with Crippen LogP contribution in [0.25, 0.3) is 0 Å². The lowest BCUT2D eigenvalue weighted by atomic mass is 9.96. The van der Waals surface area contributed by atoms with Crippen LogP contribution in [0.2, 0.25) is 0 Å². The van der Waals surface area contributed by atoms with Gasteiger partial charge in [0.15, 0.2) is 0 Å². The van der Waals surface area contributed by atoms with Crippen molar-refractivity contribution in [2.45, 2.75) is 71.2 Å². The molecule has 1 fully saturated rings. The van der Waals surface area contributed by atoms with Crippen LogP contribution < -0.4 is 5.32 Å². The maximum atomic E-state index is 12.9. The number of halogens is 3. The Balaban J connectivity index is 1.67. The van der Waals surface area contributed by atoms with Crippen molar-refractivity contribution in [3.63, 3.8) is 0 Å². The molecule has 8 heteroatoms. The predicted molar refractivity (Wildman–Crippen MR) is 121 cm³/mol. The molecule has 2 unspecified atom stereocenters. The topological polar surface area (TPSA) is 67.0 Å². The molecule has 0 spiro atoms. The number of imidazole rings is 1. The number of rotatable bonds is 10. The third-order valence-corrected chi connectivity index (χ3v) is 5.87. The molecule has 1 aromatic heterocycles. The van der Waals surface area contributed by atoms with Gasteiger partial charge in [0.2, 0.25) is 5.91 Å². The molecule has 2 atom stereocenters. The summed E-state index contributed by atoms with van der Waals surface area (Å²) in [5.41, 5.74) is 3.90. The number of aromatic nitrogens is 2. The fourth-order valence-electron chi connectivity index (χ4n) is 3.73. The lowest BCUT2D eigenvalue weighted by Crippen LogP contribution is -2.31. The van der Waals surface area contributed by atoms with E-state index < -0.39 is 24.9 Å². The molecule has 2 aliphatic rings. The Hall–Kier alpha value is -2.61. The average molecular weight is 464 g/mol. The summed E-state index contributed by atoms with van der Waals surface area (Å²) in [6.07, 6.45) is 9.78. The van der Waals surface area contributed by atoms with Crippen LogP contribution in [-0.4, -0.2) is 34.8 Å². The number of amides is 1. The van der Waals surface area contributed by atoms with Crippen LogP contribution in [0.15, 0.2) is 53.3 Å². The zero-order valence-corrected chi connectivity index (χ0v) is 19.3. The van der Waals surface area contributed by atoms with Crippen molar-refractivity contribution in [2.75, 3.05) is 6.61 Å². The van der Waals surface area contributed by atoms with Crippen molar-refractivity contribution >= 4 is 5.91 Å². The van der Waals surface area contributed by atoms with Gasteiger partial charge in [-0.25, -0.2) is 4.98 Å². The highest BCUT2D eigenvalue weighted by Gasteiger charge is 2.29. The number of allylic oxidation sites excluding steroid dienone is 3. The van der Waals surface area contributed by atoms with Gasteiger partial charge in [-0.05, 0) is 51.0 Å². The van der Waals surface area contributed by atoms with E-state index in [0.29, 0.717) is 18.2 Å². The normalized spacial score (nSPS) is 20.5. The number of aryl methyl sites for hydroxylation is 1. The SMILES string of the molecule is CCC(=CC=C(C)C1CC1)CC(=O)NC(C1=CCC(OCC(F)(F)F)C=C1)c1cnc(C)[nH]1. The van der Waals surface area contributed by atoms with Crippen LogP contribution in [0.4, 0.5) is 13.2 Å². The Labute approximate surface area is 192 Å². The number of hydrogen-bond donors (Lipinski definition) is 2. The van der Waals surface area contributed by atoms with Crippen LogP contribution >= 0.6 is 0 Å². The van der Waals surface area contributed by atoms with Crippen LogP contribution in [0.3, 0.4) is 0 Å². The van der Waals surface area contributed by atoms with E-state index in [9.17, 15) is 18.0 Å². The van der Waals surface area contributed by atoms with Gasteiger partial charge in [0.1, 0.15) is 12.4 Å². The maximum absolute atomic E-state index is 12.9. The Kier molecular flexibility index (Phi) is 8.35. The van der Waals surface area contributed by atoms with Crippen LogP contribution in [0.1, 0.15) is 63.5 Å². The molecule has 0 bridgehead atoms. The molecule has 0 radical (unpaired) electrons. The first-order chi connectivity index (χ1) is 15.6. The summed E-state index contributed by atoms with van der Waals surface area (Å²) in [5.74, 6) is 1.28. The summed E-state index contributed by atoms with van der Waals surface area (Å²) in [6.45, 7) is 4.70. The van der Waals surface area contributed by atoms with Crippen molar-refractivity contribution in [2.24, 2.45) is 5.92 Å². The van der Waals surface area contributed by atoms with E-state index in [4.69, 9.17) is 4.74 Å². The second kappa shape index (κ2) is 11.0. The number of alkyl halides is 3. The van der Waals surface area contributed by atoms with Gasteiger partial charge in [0.25, 0.3) is 0 Å². The van der Waals surface area contributed by atoms with Crippen molar-refractivity contribution < 1.29 is 22.7 Å². The minimum Gasteiger partial charge on any atom is -0.364 e. The highest BCUT2D eigenvalue weighted by molar-refractivity contribution is 5.79. The molecule has 1 heterocycles. The van der Waals surface area contributed by atoms with Crippen LogP contribution in [-0.2, 0) is 9.53 Å². The second-order valence-corrected chi connectivity index (χ2v) is 8.73. The minimum atomic E-state index is -4.36. The molecule has 180 valence electrons. The molecule has 5 nitrogen and oxygen atoms in total. The van der Waals surface area contributed by atoms with E-state index in [1.165, 1.54) is 18.4 Å². The first kappa shape index (κ1) is 25.0. The number of aromatic amines is 1. The molecular formula is C25H32F3N3O2. The zero-order valence-electron chi connectivity index (χ0n) is 19.3. The lowest BCUT2D eigenvalue weighted by Gasteiger charge is -2.24. The number of hydrogen-bond acceptors (Lipinski definition) is 3. The quantitative estimate of drug-likeness (QED) is 0.432. The first-order valence-electron chi connectivity index (χ1n) is 11.4. The van der Waals surface area contributed by atoms with E-state index in [2.05, 4.69) is 28.3 Å². The van der Waals surface area contributed by atoms with Gasteiger partial charge in [0, 0.05) is 6.42 Å². The molecule has 1 aromatic rings. The summed E-state index contributed by atoms with van der Waals surface area (Å²) in [7, 11) is 0. The Morgan fingerprint density at radius 2 is 2.12 bits per heavy atom. The number of H-pyrrole nitrogens is 1. The van der Waals surface area contributed by atoms with Crippen LogP contribution in [0, 0.1) is 12.8 Å². The largest absolute Gasteiger partial charge is 0.411 e. The molecule has 3 rings (SSSR count). The Morgan fingerprint density at radius 3 is 2.67 bits per heavy atom. The van der Waals surface area contributed by atoms with E-state index >= 15 is 0 Å². The van der Waals surface area contributed by atoms with Gasteiger partial charge in [-0.2, -0.15) is 13.2 Å². The van der Waals surface area contributed by atoms with Gasteiger partial charge in [-0.15, -0.1) is 0 Å². The number of carbonyl (C=O) groups is 1. The molecule has 2 aliphatic carbocycles. The summed E-state index contributed by atoms with van der Waals surface area (Å²) in [5, 5.41) is 3.06. The summed E-state index contributed by atoms with van der Waals surface area (Å²) >= 11 is 0. The number of ether oxygens (including phenoxy) is 1. The monoisotopic (exact) mass is 463 g/mol. The van der Waals surface area contributed by atoms with Gasteiger partial charge in [-0.1, -0.05) is 48.5 Å². The Bertz CT molecular complexity index is 952. The standard InChI is InChI=1S/C25H32F3N3O2/c1-4-18(6-5-16(2)19-7-8-19)13-23(32)31-24(22-14-29-17(3)30-22)20-9-11-21(12-10-20)33-15-25(26,27)28/h5-6,9-11,14,19,21,24H,4,7-8,12-13,15H2,1-3H3,(H,29,30)(H,31,32).